The Labute approximate surface area is 180 Å². The number of aliphatic hydroxyl groups excluding tert-OH is 2. The van der Waals surface area contributed by atoms with Crippen molar-refractivity contribution in [1.29, 1.82) is 0 Å². The fraction of sp³-hybridized carbons (Fsp3) is 0.389. The van der Waals surface area contributed by atoms with Gasteiger partial charge in [0.2, 0.25) is 5.95 Å². The van der Waals surface area contributed by atoms with Gasteiger partial charge in [0.15, 0.2) is 11.2 Å². The largest absolute Gasteiger partial charge is 0.489 e. The summed E-state index contributed by atoms with van der Waals surface area (Å²) in [6.07, 6.45) is -1.72. The Hall–Kier alpha value is -2.53. The van der Waals surface area contributed by atoms with Gasteiger partial charge in [-0.1, -0.05) is 23.2 Å². The van der Waals surface area contributed by atoms with Crippen molar-refractivity contribution >= 4 is 40.3 Å². The molecular formula is C18H21Cl2N5O5. The maximum absolute atomic E-state index is 12.4. The van der Waals surface area contributed by atoms with Crippen LogP contribution in [-0.2, 0) is 13.6 Å². The highest BCUT2D eigenvalue weighted by molar-refractivity contribution is 6.35. The number of aromatic amines is 1. The van der Waals surface area contributed by atoms with E-state index < -0.39 is 23.5 Å². The van der Waals surface area contributed by atoms with Gasteiger partial charge in [0.25, 0.3) is 5.56 Å². The molecule has 0 saturated carbocycles. The van der Waals surface area contributed by atoms with Crippen LogP contribution in [-0.4, -0.2) is 54.7 Å². The molecule has 0 aliphatic rings. The highest BCUT2D eigenvalue weighted by atomic mass is 35.5. The lowest BCUT2D eigenvalue weighted by Gasteiger charge is -2.16. The number of aromatic nitrogens is 4. The summed E-state index contributed by atoms with van der Waals surface area (Å²) in [6.45, 7) is 1.55. The Morgan fingerprint density at radius 1 is 1.30 bits per heavy atom. The number of hydrogen-bond acceptors (Lipinski definition) is 7. The smallest absolute Gasteiger partial charge is 0.329 e. The second kappa shape index (κ2) is 9.09. The minimum atomic E-state index is -1.04. The van der Waals surface area contributed by atoms with E-state index in [0.29, 0.717) is 15.8 Å². The van der Waals surface area contributed by atoms with Crippen molar-refractivity contribution < 1.29 is 14.9 Å². The van der Waals surface area contributed by atoms with Gasteiger partial charge in [-0.15, -0.1) is 0 Å². The number of fused-ring (bicyclic) bond motifs is 1. The first kappa shape index (κ1) is 22.2. The number of aryl methyl sites for hydroxylation is 1. The summed E-state index contributed by atoms with van der Waals surface area (Å²) in [5.41, 5.74) is -1.00. The van der Waals surface area contributed by atoms with Crippen LogP contribution in [0.3, 0.4) is 0 Å². The van der Waals surface area contributed by atoms with E-state index in [1.54, 1.807) is 19.1 Å². The Bertz CT molecular complexity index is 1170. The summed E-state index contributed by atoms with van der Waals surface area (Å²) in [7, 11) is 1.47. The first-order valence-corrected chi connectivity index (χ1v) is 9.80. The topological polar surface area (TPSA) is 134 Å². The third-order valence-electron chi connectivity index (χ3n) is 4.28. The number of aliphatic hydroxyl groups is 2. The highest BCUT2D eigenvalue weighted by Crippen LogP contribution is 2.27. The van der Waals surface area contributed by atoms with E-state index in [2.05, 4.69) is 15.3 Å². The molecule has 0 bridgehead atoms. The SMILES string of the molecule is CC(O)CNc1nc2c(c(=O)[nH]c(=O)n2C)n1CC(O)COc1ccc(Cl)cc1Cl. The molecule has 10 nitrogen and oxygen atoms in total. The molecule has 2 heterocycles. The van der Waals surface area contributed by atoms with E-state index >= 15 is 0 Å². The molecule has 3 aromatic rings. The normalized spacial score (nSPS) is 13.4. The number of benzene rings is 1. The van der Waals surface area contributed by atoms with Crippen molar-refractivity contribution in [1.82, 2.24) is 19.1 Å². The molecular weight excluding hydrogens is 437 g/mol. The summed E-state index contributed by atoms with van der Waals surface area (Å²) in [6, 6.07) is 4.71. The van der Waals surface area contributed by atoms with Gasteiger partial charge in [-0.2, -0.15) is 4.98 Å². The third kappa shape index (κ3) is 4.78. The van der Waals surface area contributed by atoms with Gasteiger partial charge in [0.05, 0.1) is 17.7 Å². The van der Waals surface area contributed by atoms with Gasteiger partial charge in [-0.25, -0.2) is 4.79 Å². The Kier molecular flexibility index (Phi) is 6.71. The van der Waals surface area contributed by atoms with Crippen molar-refractivity contribution in [3.63, 3.8) is 0 Å². The average Bonchev–Trinajstić information content (AvgIpc) is 3.02. The van der Waals surface area contributed by atoms with E-state index in [4.69, 9.17) is 27.9 Å². The number of rotatable bonds is 8. The van der Waals surface area contributed by atoms with Gasteiger partial charge in [0.1, 0.15) is 18.5 Å². The summed E-state index contributed by atoms with van der Waals surface area (Å²) in [4.78, 5) is 30.8. The molecule has 0 spiro atoms. The quantitative estimate of drug-likeness (QED) is 0.395. The summed E-state index contributed by atoms with van der Waals surface area (Å²) >= 11 is 11.9. The van der Waals surface area contributed by atoms with Crippen LogP contribution >= 0.6 is 23.2 Å². The van der Waals surface area contributed by atoms with Crippen LogP contribution in [0.2, 0.25) is 10.0 Å². The van der Waals surface area contributed by atoms with Crippen molar-refractivity contribution in [2.24, 2.45) is 7.05 Å². The molecule has 0 aliphatic heterocycles. The highest BCUT2D eigenvalue weighted by Gasteiger charge is 2.20. The molecule has 0 fully saturated rings. The van der Waals surface area contributed by atoms with Crippen molar-refractivity contribution in [3.05, 3.63) is 49.1 Å². The molecule has 1 aromatic carbocycles. The zero-order chi connectivity index (χ0) is 22.0. The second-order valence-electron chi connectivity index (χ2n) is 6.81. The van der Waals surface area contributed by atoms with Crippen molar-refractivity contribution in [3.8, 4) is 5.75 Å². The number of halogens is 2. The fourth-order valence-corrected chi connectivity index (χ4v) is 3.29. The Morgan fingerprint density at radius 2 is 2.03 bits per heavy atom. The number of ether oxygens (including phenoxy) is 1. The molecule has 4 N–H and O–H groups in total. The summed E-state index contributed by atoms with van der Waals surface area (Å²) in [5, 5.41) is 23.7. The zero-order valence-corrected chi connectivity index (χ0v) is 17.7. The fourth-order valence-electron chi connectivity index (χ4n) is 2.83. The second-order valence-corrected chi connectivity index (χ2v) is 7.65. The maximum Gasteiger partial charge on any atom is 0.329 e. The number of nitrogens with zero attached hydrogens (tertiary/aromatic N) is 3. The van der Waals surface area contributed by atoms with Crippen LogP contribution in [0, 0.1) is 0 Å². The first-order valence-electron chi connectivity index (χ1n) is 9.04. The third-order valence-corrected chi connectivity index (χ3v) is 4.81. The van der Waals surface area contributed by atoms with Crippen LogP contribution in [0.5, 0.6) is 5.75 Å². The predicted octanol–water partition coefficient (Wildman–Crippen LogP) is 0.963. The van der Waals surface area contributed by atoms with E-state index in [-0.39, 0.29) is 36.8 Å². The molecule has 2 aromatic heterocycles. The van der Waals surface area contributed by atoms with E-state index in [9.17, 15) is 19.8 Å². The van der Waals surface area contributed by atoms with Crippen molar-refractivity contribution in [2.45, 2.75) is 25.7 Å². The molecule has 30 heavy (non-hydrogen) atoms. The van der Waals surface area contributed by atoms with Crippen LogP contribution in [0.25, 0.3) is 11.2 Å². The average molecular weight is 458 g/mol. The van der Waals surface area contributed by atoms with Crippen LogP contribution < -0.4 is 21.3 Å². The lowest BCUT2D eigenvalue weighted by molar-refractivity contribution is 0.0938. The van der Waals surface area contributed by atoms with Crippen LogP contribution in [0.1, 0.15) is 6.92 Å². The van der Waals surface area contributed by atoms with Gasteiger partial charge in [-0.05, 0) is 25.1 Å². The predicted molar refractivity (Wildman–Crippen MR) is 114 cm³/mol. The van der Waals surface area contributed by atoms with Gasteiger partial charge >= 0.3 is 5.69 Å². The number of hydrogen-bond donors (Lipinski definition) is 4. The van der Waals surface area contributed by atoms with Crippen LogP contribution in [0.15, 0.2) is 27.8 Å². The molecule has 0 aliphatic carbocycles. The molecule has 2 atom stereocenters. The molecule has 12 heteroatoms. The van der Waals surface area contributed by atoms with E-state index in [0.717, 1.165) is 0 Å². The van der Waals surface area contributed by atoms with Crippen molar-refractivity contribution in [2.75, 3.05) is 18.5 Å². The minimum Gasteiger partial charge on any atom is -0.489 e. The Balaban J connectivity index is 1.89. The zero-order valence-electron chi connectivity index (χ0n) is 16.2. The summed E-state index contributed by atoms with van der Waals surface area (Å²) < 4.78 is 8.18. The number of anilines is 1. The molecule has 0 saturated heterocycles. The molecule has 3 rings (SSSR count). The lowest BCUT2D eigenvalue weighted by Crippen LogP contribution is -2.31. The maximum atomic E-state index is 12.4. The number of H-pyrrole nitrogens is 1. The molecule has 2 unspecified atom stereocenters. The van der Waals surface area contributed by atoms with E-state index in [1.165, 1.54) is 22.2 Å². The van der Waals surface area contributed by atoms with Gasteiger partial charge in [0, 0.05) is 18.6 Å². The monoisotopic (exact) mass is 457 g/mol. The number of nitrogens with one attached hydrogen (secondary N) is 2. The first-order chi connectivity index (χ1) is 14.2. The molecule has 0 radical (unpaired) electrons. The van der Waals surface area contributed by atoms with Gasteiger partial charge in [-0.3, -0.25) is 14.3 Å². The standard InChI is InChI=1S/C18H21Cl2N5O5/c1-9(26)6-21-17-22-15-14(16(28)23-18(29)24(15)2)25(17)7-11(27)8-30-13-4-3-10(19)5-12(13)20/h3-5,9,11,26-27H,6-8H2,1-2H3,(H,21,22)(H,23,28,29). The van der Waals surface area contributed by atoms with Crippen LogP contribution in [0.4, 0.5) is 5.95 Å². The van der Waals surface area contributed by atoms with Gasteiger partial charge < -0.3 is 24.8 Å². The Morgan fingerprint density at radius 3 is 2.70 bits per heavy atom. The molecule has 162 valence electrons. The number of imidazole rings is 1. The summed E-state index contributed by atoms with van der Waals surface area (Å²) in [5.74, 6) is 0.574. The molecule has 0 amide bonds. The lowest BCUT2D eigenvalue weighted by atomic mass is 10.3. The minimum absolute atomic E-state index is 0.0643. The van der Waals surface area contributed by atoms with E-state index in [1.807, 2.05) is 0 Å².